The number of hydrogen-bond acceptors (Lipinski definition) is 4. The number of nitrogens with one attached hydrogen (secondary N) is 1. The van der Waals surface area contributed by atoms with Gasteiger partial charge in [0.25, 0.3) is 0 Å². The fraction of sp³-hybridized carbons (Fsp3) is 0.750. The molecular weight excluding hydrogens is 328 g/mol. The third-order valence-electron chi connectivity index (χ3n) is 4.47. The van der Waals surface area contributed by atoms with Crippen molar-refractivity contribution in [1.29, 1.82) is 0 Å². The lowest BCUT2D eigenvalue weighted by molar-refractivity contribution is -0.135. The summed E-state index contributed by atoms with van der Waals surface area (Å²) in [6.45, 7) is 6.07. The van der Waals surface area contributed by atoms with Crippen LogP contribution in [0.1, 0.15) is 51.8 Å². The van der Waals surface area contributed by atoms with Crippen molar-refractivity contribution >= 4 is 15.9 Å². The maximum Gasteiger partial charge on any atom is 0.222 e. The van der Waals surface area contributed by atoms with Crippen molar-refractivity contribution in [3.63, 3.8) is 0 Å². The topological polar surface area (TPSA) is 84.3 Å². The van der Waals surface area contributed by atoms with Gasteiger partial charge in [-0.05, 0) is 24.3 Å². The van der Waals surface area contributed by atoms with Crippen LogP contribution in [-0.4, -0.2) is 47.8 Å². The Labute approximate surface area is 144 Å². The van der Waals surface area contributed by atoms with Crippen LogP contribution in [0.4, 0.5) is 0 Å². The molecule has 7 nitrogen and oxygen atoms in total. The second kappa shape index (κ2) is 6.84. The molecule has 0 unspecified atom stereocenters. The van der Waals surface area contributed by atoms with Crippen LogP contribution in [0.15, 0.2) is 12.3 Å². The van der Waals surface area contributed by atoms with Crippen LogP contribution < -0.4 is 4.72 Å². The molecule has 1 amide bonds. The number of likely N-dealkylation sites (tertiary alicyclic amines) is 1. The number of nitrogens with zero attached hydrogens (tertiary/aromatic N) is 3. The Balaban J connectivity index is 2.20. The molecule has 2 atom stereocenters. The Morgan fingerprint density at radius 1 is 1.33 bits per heavy atom. The van der Waals surface area contributed by atoms with Crippen molar-refractivity contribution in [3.8, 4) is 0 Å². The van der Waals surface area contributed by atoms with E-state index in [1.807, 2.05) is 26.8 Å². The smallest absolute Gasteiger partial charge is 0.222 e. The molecule has 0 aliphatic carbocycles. The molecule has 1 N–H and O–H groups in total. The number of likely N-dealkylation sites (N-methyl/N-ethyl adjacent to an activating group) is 1. The minimum absolute atomic E-state index is 0.0198. The highest BCUT2D eigenvalue weighted by Gasteiger charge is 2.38. The molecule has 1 aromatic rings. The predicted octanol–water partition coefficient (Wildman–Crippen LogP) is 1.44. The van der Waals surface area contributed by atoms with Gasteiger partial charge in [-0.1, -0.05) is 20.8 Å². The molecule has 0 saturated carbocycles. The Morgan fingerprint density at radius 3 is 2.54 bits per heavy atom. The lowest BCUT2D eigenvalue weighted by atomic mass is 9.94. The maximum absolute atomic E-state index is 12.5. The fourth-order valence-electron chi connectivity index (χ4n) is 2.97. The van der Waals surface area contributed by atoms with Crippen LogP contribution in [0.5, 0.6) is 0 Å². The lowest BCUT2D eigenvalue weighted by Gasteiger charge is -2.39. The summed E-state index contributed by atoms with van der Waals surface area (Å²) < 4.78 is 29.5. The van der Waals surface area contributed by atoms with E-state index in [0.717, 1.165) is 5.69 Å². The fourth-order valence-corrected chi connectivity index (χ4v) is 4.68. The number of aromatic nitrogens is 2. The Morgan fingerprint density at radius 2 is 2.00 bits per heavy atom. The van der Waals surface area contributed by atoms with E-state index < -0.39 is 10.0 Å². The molecule has 1 fully saturated rings. The summed E-state index contributed by atoms with van der Waals surface area (Å²) in [7, 11) is 0.107. The highest BCUT2D eigenvalue weighted by atomic mass is 32.2. The van der Waals surface area contributed by atoms with Crippen LogP contribution in [-0.2, 0) is 21.9 Å². The van der Waals surface area contributed by atoms with Gasteiger partial charge >= 0.3 is 0 Å². The molecule has 24 heavy (non-hydrogen) atoms. The first-order valence-electron chi connectivity index (χ1n) is 8.24. The summed E-state index contributed by atoms with van der Waals surface area (Å²) in [5, 5.41) is 4.15. The average Bonchev–Trinajstić information content (AvgIpc) is 2.86. The molecule has 0 bridgehead atoms. The van der Waals surface area contributed by atoms with Crippen LogP contribution in [0, 0.1) is 5.41 Å². The summed E-state index contributed by atoms with van der Waals surface area (Å²) in [4.78, 5) is 13.7. The number of hydrogen-bond donors (Lipinski definition) is 1. The van der Waals surface area contributed by atoms with Crippen molar-refractivity contribution in [1.82, 2.24) is 19.4 Å². The average molecular weight is 356 g/mol. The molecule has 1 saturated heterocycles. The summed E-state index contributed by atoms with van der Waals surface area (Å²) in [5.74, 6) is 0.106. The van der Waals surface area contributed by atoms with Gasteiger partial charge in [-0.15, -0.1) is 0 Å². The number of piperidine rings is 1. The first kappa shape index (κ1) is 18.9. The summed E-state index contributed by atoms with van der Waals surface area (Å²) in [5.41, 5.74) is 0.782. The molecule has 8 heteroatoms. The minimum atomic E-state index is -3.41. The largest absolute Gasteiger partial charge is 0.336 e. The van der Waals surface area contributed by atoms with E-state index in [2.05, 4.69) is 9.82 Å². The van der Waals surface area contributed by atoms with Gasteiger partial charge in [-0.2, -0.15) is 5.10 Å². The first-order valence-corrected chi connectivity index (χ1v) is 9.89. The second-order valence-electron chi connectivity index (χ2n) is 7.72. The Hall–Kier alpha value is -1.41. The van der Waals surface area contributed by atoms with Gasteiger partial charge in [0.1, 0.15) is 0 Å². The van der Waals surface area contributed by atoms with E-state index in [4.69, 9.17) is 0 Å². The van der Waals surface area contributed by atoms with Gasteiger partial charge in [0.05, 0.1) is 17.5 Å². The van der Waals surface area contributed by atoms with Crippen molar-refractivity contribution in [3.05, 3.63) is 18.0 Å². The standard InChI is InChI=1S/C16H28N4O3S/c1-16(2,3)9-11-24(22,23)18-12-6-7-14(21)19(4)15(12)13-8-10-17-20(13)5/h8,10,12,15,18H,6-7,9,11H2,1-5H3/t12-,15-/m1/s1. The molecule has 1 aromatic heterocycles. The monoisotopic (exact) mass is 356 g/mol. The molecule has 136 valence electrons. The number of carbonyl (C=O) groups excluding carboxylic acids is 1. The maximum atomic E-state index is 12.5. The number of aryl methyl sites for hydroxylation is 1. The third-order valence-corrected chi connectivity index (χ3v) is 5.88. The Bertz CT molecular complexity index is 690. The summed E-state index contributed by atoms with van der Waals surface area (Å²) >= 11 is 0. The van der Waals surface area contributed by atoms with Crippen molar-refractivity contribution in [2.24, 2.45) is 12.5 Å². The van der Waals surface area contributed by atoms with Crippen molar-refractivity contribution in [2.45, 2.75) is 52.1 Å². The van der Waals surface area contributed by atoms with E-state index in [1.54, 1.807) is 29.9 Å². The molecule has 0 radical (unpaired) electrons. The molecule has 0 aromatic carbocycles. The van der Waals surface area contributed by atoms with Crippen LogP contribution in [0.25, 0.3) is 0 Å². The van der Waals surface area contributed by atoms with Gasteiger partial charge in [-0.3, -0.25) is 9.48 Å². The quantitative estimate of drug-likeness (QED) is 0.865. The van der Waals surface area contributed by atoms with Crippen molar-refractivity contribution < 1.29 is 13.2 Å². The zero-order chi connectivity index (χ0) is 18.1. The van der Waals surface area contributed by atoms with Gasteiger partial charge < -0.3 is 4.90 Å². The zero-order valence-corrected chi connectivity index (χ0v) is 15.9. The SMILES string of the molecule is CN1C(=O)CC[C@@H](NS(=O)(=O)CCC(C)(C)C)[C@@H]1c1ccnn1C. The summed E-state index contributed by atoms with van der Waals surface area (Å²) in [6, 6.07) is 1.15. The number of carbonyl (C=O) groups is 1. The number of amides is 1. The van der Waals surface area contributed by atoms with E-state index in [9.17, 15) is 13.2 Å². The molecule has 2 rings (SSSR count). The van der Waals surface area contributed by atoms with Gasteiger partial charge in [0, 0.05) is 32.8 Å². The van der Waals surface area contributed by atoms with Crippen LogP contribution >= 0.6 is 0 Å². The molecule has 0 spiro atoms. The van der Waals surface area contributed by atoms with Crippen LogP contribution in [0.3, 0.4) is 0 Å². The highest BCUT2D eigenvalue weighted by molar-refractivity contribution is 7.89. The van der Waals surface area contributed by atoms with Gasteiger partial charge in [0.15, 0.2) is 0 Å². The number of sulfonamides is 1. The highest BCUT2D eigenvalue weighted by Crippen LogP contribution is 2.31. The minimum Gasteiger partial charge on any atom is -0.336 e. The van der Waals surface area contributed by atoms with E-state index in [-0.39, 0.29) is 29.2 Å². The van der Waals surface area contributed by atoms with E-state index in [1.165, 1.54) is 0 Å². The Kier molecular flexibility index (Phi) is 5.39. The van der Waals surface area contributed by atoms with Crippen LogP contribution in [0.2, 0.25) is 0 Å². The van der Waals surface area contributed by atoms with Gasteiger partial charge in [0.2, 0.25) is 15.9 Å². The summed E-state index contributed by atoms with van der Waals surface area (Å²) in [6.07, 6.45) is 3.08. The lowest BCUT2D eigenvalue weighted by Crippen LogP contribution is -2.51. The van der Waals surface area contributed by atoms with E-state index in [0.29, 0.717) is 19.3 Å². The van der Waals surface area contributed by atoms with Crippen molar-refractivity contribution in [2.75, 3.05) is 12.8 Å². The normalized spacial score (nSPS) is 22.9. The molecule has 2 heterocycles. The molecule has 1 aliphatic heterocycles. The second-order valence-corrected chi connectivity index (χ2v) is 9.60. The first-order chi connectivity index (χ1) is 11.0. The molecular formula is C16H28N4O3S. The predicted molar refractivity (Wildman–Crippen MR) is 92.7 cm³/mol. The van der Waals surface area contributed by atoms with Gasteiger partial charge in [-0.25, -0.2) is 13.1 Å². The number of rotatable bonds is 5. The zero-order valence-electron chi connectivity index (χ0n) is 15.1. The third kappa shape index (κ3) is 4.57. The molecule has 1 aliphatic rings. The van der Waals surface area contributed by atoms with E-state index >= 15 is 0 Å².